The molecule has 0 radical (unpaired) electrons. The molecule has 0 aliphatic carbocycles. The Labute approximate surface area is 109 Å². The van der Waals surface area contributed by atoms with Gasteiger partial charge in [-0.15, -0.1) is 0 Å². The van der Waals surface area contributed by atoms with Gasteiger partial charge >= 0.3 is 0 Å². The average molecular weight is 279 g/mol. The molecule has 0 fully saturated rings. The highest BCUT2D eigenvalue weighted by molar-refractivity contribution is 6.48. The standard InChI is InChI=1S/C9H6Cl2O4.C2H6/c1-3(12)7(13)4-2-5(10)8(14)9(15)6(4)11;1-2/h2,14-15H,1H3;1-2H3. The zero-order valence-electron chi connectivity index (χ0n) is 9.54. The minimum Gasteiger partial charge on any atom is -0.503 e. The quantitative estimate of drug-likeness (QED) is 0.495. The number of aromatic hydroxyl groups is 2. The van der Waals surface area contributed by atoms with Gasteiger partial charge in [0.05, 0.1) is 10.0 Å². The zero-order valence-corrected chi connectivity index (χ0v) is 11.1. The molecular weight excluding hydrogens is 267 g/mol. The third-order valence-electron chi connectivity index (χ3n) is 1.73. The Morgan fingerprint density at radius 2 is 1.59 bits per heavy atom. The molecule has 1 aromatic carbocycles. The molecule has 0 aromatic heterocycles. The largest absolute Gasteiger partial charge is 0.503 e. The van der Waals surface area contributed by atoms with Crippen LogP contribution in [-0.4, -0.2) is 21.8 Å². The summed E-state index contributed by atoms with van der Waals surface area (Å²) in [5.74, 6) is -2.95. The first-order chi connectivity index (χ1) is 7.86. The molecule has 0 heterocycles. The first-order valence-electron chi connectivity index (χ1n) is 4.81. The topological polar surface area (TPSA) is 74.6 Å². The molecule has 0 amide bonds. The Bertz CT molecular complexity index is 455. The summed E-state index contributed by atoms with van der Waals surface area (Å²) in [7, 11) is 0. The van der Waals surface area contributed by atoms with Crippen LogP contribution in [0, 0.1) is 0 Å². The smallest absolute Gasteiger partial charge is 0.229 e. The average Bonchev–Trinajstić information content (AvgIpc) is 2.32. The van der Waals surface area contributed by atoms with Crippen molar-refractivity contribution >= 4 is 34.8 Å². The van der Waals surface area contributed by atoms with Crippen LogP contribution in [0.1, 0.15) is 31.1 Å². The number of phenols is 2. The maximum Gasteiger partial charge on any atom is 0.229 e. The second kappa shape index (κ2) is 6.47. The monoisotopic (exact) mass is 278 g/mol. The summed E-state index contributed by atoms with van der Waals surface area (Å²) in [4.78, 5) is 22.1. The minimum absolute atomic E-state index is 0.232. The van der Waals surface area contributed by atoms with E-state index in [-0.39, 0.29) is 10.6 Å². The van der Waals surface area contributed by atoms with Crippen LogP contribution >= 0.6 is 23.2 Å². The maximum atomic E-state index is 11.3. The zero-order chi connectivity index (χ0) is 13.7. The van der Waals surface area contributed by atoms with Gasteiger partial charge in [-0.3, -0.25) is 9.59 Å². The summed E-state index contributed by atoms with van der Waals surface area (Å²) in [5.41, 5.74) is -0.232. The van der Waals surface area contributed by atoms with Crippen molar-refractivity contribution in [3.8, 4) is 11.5 Å². The van der Waals surface area contributed by atoms with E-state index in [2.05, 4.69) is 0 Å². The molecule has 0 unspecified atom stereocenters. The fourth-order valence-corrected chi connectivity index (χ4v) is 1.39. The molecule has 1 aromatic rings. The highest BCUT2D eigenvalue weighted by atomic mass is 35.5. The molecule has 2 N–H and O–H groups in total. The number of Topliss-reactive ketones (excluding diaryl/α,β-unsaturated/α-hetero) is 2. The van der Waals surface area contributed by atoms with Crippen molar-refractivity contribution in [3.63, 3.8) is 0 Å². The van der Waals surface area contributed by atoms with Gasteiger partial charge in [-0.05, 0) is 6.07 Å². The number of hydrogen-bond donors (Lipinski definition) is 2. The molecule has 0 bridgehead atoms. The van der Waals surface area contributed by atoms with Gasteiger partial charge in [-0.1, -0.05) is 37.0 Å². The lowest BCUT2D eigenvalue weighted by molar-refractivity contribution is -0.113. The van der Waals surface area contributed by atoms with E-state index < -0.39 is 28.1 Å². The molecule has 4 nitrogen and oxygen atoms in total. The van der Waals surface area contributed by atoms with Crippen molar-refractivity contribution in [3.05, 3.63) is 21.7 Å². The van der Waals surface area contributed by atoms with Crippen molar-refractivity contribution in [2.75, 3.05) is 0 Å². The lowest BCUT2D eigenvalue weighted by Crippen LogP contribution is -2.10. The van der Waals surface area contributed by atoms with Crippen molar-refractivity contribution in [1.29, 1.82) is 0 Å². The van der Waals surface area contributed by atoms with E-state index in [1.54, 1.807) is 0 Å². The van der Waals surface area contributed by atoms with Gasteiger partial charge < -0.3 is 10.2 Å². The lowest BCUT2D eigenvalue weighted by Gasteiger charge is -2.06. The van der Waals surface area contributed by atoms with E-state index >= 15 is 0 Å². The second-order valence-corrected chi connectivity index (χ2v) is 3.59. The van der Waals surface area contributed by atoms with Crippen molar-refractivity contribution in [2.45, 2.75) is 20.8 Å². The molecule has 1 rings (SSSR count). The van der Waals surface area contributed by atoms with Crippen LogP contribution < -0.4 is 0 Å². The van der Waals surface area contributed by atoms with Gasteiger partial charge in [-0.25, -0.2) is 0 Å². The van der Waals surface area contributed by atoms with Gasteiger partial charge in [-0.2, -0.15) is 0 Å². The number of hydrogen-bond acceptors (Lipinski definition) is 4. The number of benzene rings is 1. The van der Waals surface area contributed by atoms with Crippen LogP contribution in [-0.2, 0) is 4.79 Å². The molecule has 0 atom stereocenters. The number of carbonyl (C=O) groups excluding carboxylic acids is 2. The first-order valence-corrected chi connectivity index (χ1v) is 5.57. The molecule has 0 saturated heterocycles. The summed E-state index contributed by atoms with van der Waals surface area (Å²) < 4.78 is 0. The van der Waals surface area contributed by atoms with Gasteiger partial charge in [0.2, 0.25) is 5.78 Å². The van der Waals surface area contributed by atoms with E-state index in [0.29, 0.717) is 0 Å². The molecule has 17 heavy (non-hydrogen) atoms. The van der Waals surface area contributed by atoms with Crippen LogP contribution in [0.5, 0.6) is 11.5 Å². The molecule has 0 spiro atoms. The highest BCUT2D eigenvalue weighted by Crippen LogP contribution is 2.41. The van der Waals surface area contributed by atoms with Gasteiger partial charge in [0.1, 0.15) is 0 Å². The lowest BCUT2D eigenvalue weighted by atomic mass is 10.1. The van der Waals surface area contributed by atoms with E-state index in [1.165, 1.54) is 0 Å². The van der Waals surface area contributed by atoms with Crippen LogP contribution in [0.4, 0.5) is 0 Å². The first kappa shape index (κ1) is 15.7. The van der Waals surface area contributed by atoms with Gasteiger partial charge in [0.25, 0.3) is 0 Å². The molecule has 6 heteroatoms. The molecule has 0 aliphatic heterocycles. The Hall–Kier alpha value is -1.26. The van der Waals surface area contributed by atoms with Gasteiger partial charge in [0.15, 0.2) is 17.3 Å². The predicted octanol–water partition coefficient (Wildman–Crippen LogP) is 3.20. The Balaban J connectivity index is 0.00000121. The van der Waals surface area contributed by atoms with Crippen molar-refractivity contribution in [2.24, 2.45) is 0 Å². The minimum atomic E-state index is -0.878. The van der Waals surface area contributed by atoms with Crippen molar-refractivity contribution < 1.29 is 19.8 Å². The van der Waals surface area contributed by atoms with Crippen LogP contribution in [0.25, 0.3) is 0 Å². The third kappa shape index (κ3) is 3.35. The molecule has 0 saturated carbocycles. The van der Waals surface area contributed by atoms with E-state index in [0.717, 1.165) is 13.0 Å². The SMILES string of the molecule is CC.CC(=O)C(=O)c1cc(Cl)c(O)c(O)c1Cl. The third-order valence-corrected chi connectivity index (χ3v) is 2.40. The number of phenolic OH excluding ortho intramolecular Hbond substituents is 2. The normalized spacial score (nSPS) is 9.24. The molecular formula is C11H12Cl2O4. The van der Waals surface area contributed by atoms with Crippen molar-refractivity contribution in [1.82, 2.24) is 0 Å². The van der Waals surface area contributed by atoms with E-state index in [4.69, 9.17) is 28.3 Å². The Kier molecular flexibility index (Phi) is 5.99. The van der Waals surface area contributed by atoms with Crippen LogP contribution in [0.3, 0.4) is 0 Å². The predicted molar refractivity (Wildman–Crippen MR) is 66.2 cm³/mol. The fourth-order valence-electron chi connectivity index (χ4n) is 0.958. The van der Waals surface area contributed by atoms with E-state index in [9.17, 15) is 14.7 Å². The maximum absolute atomic E-state index is 11.3. The summed E-state index contributed by atoms with van der Waals surface area (Å²) >= 11 is 11.1. The van der Waals surface area contributed by atoms with Crippen LogP contribution in [0.15, 0.2) is 6.07 Å². The van der Waals surface area contributed by atoms with Crippen LogP contribution in [0.2, 0.25) is 10.0 Å². The summed E-state index contributed by atoms with van der Waals surface area (Å²) in [5, 5.41) is 17.8. The number of ketones is 2. The Morgan fingerprint density at radius 3 is 2.00 bits per heavy atom. The number of rotatable bonds is 2. The fraction of sp³-hybridized carbons (Fsp3) is 0.273. The molecule has 94 valence electrons. The Morgan fingerprint density at radius 1 is 1.12 bits per heavy atom. The number of halogens is 2. The second-order valence-electron chi connectivity index (χ2n) is 2.80. The summed E-state index contributed by atoms with van der Waals surface area (Å²) in [6, 6.07) is 1.03. The summed E-state index contributed by atoms with van der Waals surface area (Å²) in [6.45, 7) is 5.07. The molecule has 0 aliphatic rings. The number of carbonyl (C=O) groups is 2. The van der Waals surface area contributed by atoms with Gasteiger partial charge in [0, 0.05) is 12.5 Å². The highest BCUT2D eigenvalue weighted by Gasteiger charge is 2.21. The van der Waals surface area contributed by atoms with E-state index in [1.807, 2.05) is 13.8 Å². The summed E-state index contributed by atoms with van der Waals surface area (Å²) in [6.07, 6.45) is 0.